The number of aromatic nitrogens is 2. The van der Waals surface area contributed by atoms with Gasteiger partial charge in [0.2, 0.25) is 0 Å². The highest BCUT2D eigenvalue weighted by molar-refractivity contribution is 6.83. The van der Waals surface area contributed by atoms with Crippen LogP contribution in [-0.2, 0) is 23.6 Å². The van der Waals surface area contributed by atoms with Gasteiger partial charge in [-0.25, -0.2) is 9.37 Å². The first-order valence-electron chi connectivity index (χ1n) is 15.9. The molecule has 1 unspecified atom stereocenters. The number of halogens is 2. The number of para-hydroxylation sites is 1. The topological polar surface area (TPSA) is 48.8 Å². The maximum Gasteiger partial charge on any atom is 0.278 e. The van der Waals surface area contributed by atoms with Crippen LogP contribution in [0.15, 0.2) is 54.6 Å². The van der Waals surface area contributed by atoms with Gasteiger partial charge in [0.05, 0.1) is 35.8 Å². The van der Waals surface area contributed by atoms with Crippen LogP contribution in [0.4, 0.5) is 4.39 Å². The summed E-state index contributed by atoms with van der Waals surface area (Å²) in [6.45, 7) is 12.9. The summed E-state index contributed by atoms with van der Waals surface area (Å²) in [4.78, 5) is 7.63. The Balaban J connectivity index is 1.07. The first-order chi connectivity index (χ1) is 21.5. The Morgan fingerprint density at radius 2 is 1.84 bits per heavy atom. The quantitative estimate of drug-likeness (QED) is 0.158. The van der Waals surface area contributed by atoms with Gasteiger partial charge in [0, 0.05) is 29.7 Å². The molecule has 2 atom stereocenters. The molecular formula is C36H39ClFN3O3Si. The first kappa shape index (κ1) is 30.3. The van der Waals surface area contributed by atoms with E-state index < -0.39 is 19.7 Å². The third kappa shape index (κ3) is 6.24. The highest BCUT2D eigenvalue weighted by Gasteiger charge is 2.43. The number of rotatable bonds is 6. The van der Waals surface area contributed by atoms with Crippen molar-refractivity contribution in [3.63, 3.8) is 0 Å². The van der Waals surface area contributed by atoms with Crippen molar-refractivity contribution >= 4 is 30.7 Å². The molecule has 3 aliphatic heterocycles. The number of benzene rings is 3. The normalized spacial score (nSPS) is 21.9. The van der Waals surface area contributed by atoms with Crippen molar-refractivity contribution in [3.05, 3.63) is 88.0 Å². The van der Waals surface area contributed by atoms with Crippen molar-refractivity contribution in [1.29, 1.82) is 0 Å². The molecule has 4 aromatic rings. The van der Waals surface area contributed by atoms with Crippen molar-refractivity contribution in [2.75, 3.05) is 19.7 Å². The molecule has 0 N–H and O–H groups in total. The third-order valence-electron chi connectivity index (χ3n) is 9.01. The lowest BCUT2D eigenvalue weighted by molar-refractivity contribution is -0.0712. The number of imidazole rings is 1. The van der Waals surface area contributed by atoms with Crippen LogP contribution in [0.3, 0.4) is 0 Å². The van der Waals surface area contributed by atoms with E-state index in [0.29, 0.717) is 28.0 Å². The maximum absolute atomic E-state index is 14.9. The average molecular weight is 644 g/mol. The molecule has 0 spiro atoms. The summed E-state index contributed by atoms with van der Waals surface area (Å²) in [7, 11) is -1.47. The standard InChI is InChI=1S/C36H39ClFN3O3Si/c1-36(29-10-9-26(37)21-30(29)38)43-33-7-5-6-28(35(33)44-36)25-12-16-40(17-13-25)23-34-39-31-20-24(15-19-45(2,3)4)8-11-32(31)41(34)22-27-14-18-42-27/h5-11,20-21,25,27H,12-14,16-18,22-23H2,1-4H3/t27-,36?/m0/s1. The second kappa shape index (κ2) is 11.8. The Bertz CT molecular complexity index is 1810. The van der Waals surface area contributed by atoms with E-state index in [2.05, 4.69) is 64.8 Å². The number of likely N-dealkylation sites (tertiary alicyclic amines) is 1. The van der Waals surface area contributed by atoms with Crippen LogP contribution in [0.25, 0.3) is 11.0 Å². The fourth-order valence-electron chi connectivity index (χ4n) is 6.51. The second-order valence-corrected chi connectivity index (χ2v) is 18.8. The lowest BCUT2D eigenvalue weighted by Crippen LogP contribution is -2.35. The molecule has 4 heterocycles. The van der Waals surface area contributed by atoms with Gasteiger partial charge in [0.1, 0.15) is 19.7 Å². The largest absolute Gasteiger partial charge is 0.444 e. The Morgan fingerprint density at radius 3 is 2.56 bits per heavy atom. The van der Waals surface area contributed by atoms with E-state index >= 15 is 0 Å². The predicted octanol–water partition coefficient (Wildman–Crippen LogP) is 7.87. The first-order valence-corrected chi connectivity index (χ1v) is 19.8. The van der Waals surface area contributed by atoms with Gasteiger partial charge in [-0.05, 0) is 80.7 Å². The van der Waals surface area contributed by atoms with Crippen LogP contribution in [0, 0.1) is 17.3 Å². The lowest BCUT2D eigenvalue weighted by atomic mass is 9.88. The zero-order chi connectivity index (χ0) is 31.3. The Morgan fingerprint density at radius 1 is 1.04 bits per heavy atom. The Kier molecular flexibility index (Phi) is 7.93. The average Bonchev–Trinajstić information content (AvgIpc) is 3.50. The van der Waals surface area contributed by atoms with E-state index in [9.17, 15) is 4.39 Å². The van der Waals surface area contributed by atoms with E-state index in [1.165, 1.54) is 6.07 Å². The molecule has 1 aromatic heterocycles. The number of hydrogen-bond acceptors (Lipinski definition) is 5. The van der Waals surface area contributed by atoms with Crippen LogP contribution in [0.5, 0.6) is 11.5 Å². The monoisotopic (exact) mass is 643 g/mol. The van der Waals surface area contributed by atoms with Crippen LogP contribution in [0.1, 0.15) is 54.6 Å². The van der Waals surface area contributed by atoms with E-state index in [1.54, 1.807) is 19.1 Å². The molecule has 0 aliphatic carbocycles. The maximum atomic E-state index is 14.9. The molecule has 7 rings (SSSR count). The van der Waals surface area contributed by atoms with Crippen molar-refractivity contribution < 1.29 is 18.6 Å². The molecule has 6 nitrogen and oxygen atoms in total. The van der Waals surface area contributed by atoms with Gasteiger partial charge in [0.15, 0.2) is 11.5 Å². The molecule has 45 heavy (non-hydrogen) atoms. The van der Waals surface area contributed by atoms with Gasteiger partial charge in [-0.2, -0.15) is 0 Å². The molecule has 0 bridgehead atoms. The van der Waals surface area contributed by atoms with Crippen LogP contribution in [-0.4, -0.2) is 48.3 Å². The predicted molar refractivity (Wildman–Crippen MR) is 178 cm³/mol. The molecule has 0 amide bonds. The molecule has 3 aromatic carbocycles. The van der Waals surface area contributed by atoms with Gasteiger partial charge in [-0.15, -0.1) is 5.54 Å². The summed E-state index contributed by atoms with van der Waals surface area (Å²) in [6.07, 6.45) is 3.29. The van der Waals surface area contributed by atoms with Gasteiger partial charge < -0.3 is 18.8 Å². The Hall–Kier alpha value is -3.35. The van der Waals surface area contributed by atoms with E-state index in [0.717, 1.165) is 80.0 Å². The summed E-state index contributed by atoms with van der Waals surface area (Å²) >= 11 is 6.00. The molecule has 3 aliphatic rings. The van der Waals surface area contributed by atoms with Crippen LogP contribution < -0.4 is 9.47 Å². The molecule has 2 fully saturated rings. The minimum absolute atomic E-state index is 0.243. The van der Waals surface area contributed by atoms with Crippen molar-refractivity contribution in [3.8, 4) is 23.0 Å². The summed E-state index contributed by atoms with van der Waals surface area (Å²) in [6, 6.07) is 17.0. The van der Waals surface area contributed by atoms with Crippen LogP contribution >= 0.6 is 11.6 Å². The smallest absolute Gasteiger partial charge is 0.278 e. The number of nitrogens with zero attached hydrogens (tertiary/aromatic N) is 3. The molecule has 0 radical (unpaired) electrons. The SMILES string of the molecule is CC1(c2ccc(Cl)cc2F)Oc2cccc(C3CCN(Cc4nc5cc(C#C[Si](C)(C)C)ccc5n4C[C@@H]4CCO4)CC3)c2O1. The highest BCUT2D eigenvalue weighted by atomic mass is 35.5. The van der Waals surface area contributed by atoms with Gasteiger partial charge in [-0.1, -0.05) is 49.3 Å². The third-order valence-corrected chi connectivity index (χ3v) is 10.1. The summed E-state index contributed by atoms with van der Waals surface area (Å²) in [5.74, 6) is 4.44. The van der Waals surface area contributed by atoms with Crippen molar-refractivity contribution in [1.82, 2.24) is 14.5 Å². The fourth-order valence-corrected chi connectivity index (χ4v) is 7.19. The summed E-state index contributed by atoms with van der Waals surface area (Å²) in [5.41, 5.74) is 8.09. The molecule has 2 saturated heterocycles. The number of hydrogen-bond donors (Lipinski definition) is 0. The van der Waals surface area contributed by atoms with E-state index in [-0.39, 0.29) is 6.10 Å². The minimum Gasteiger partial charge on any atom is -0.444 e. The van der Waals surface area contributed by atoms with E-state index in [4.69, 9.17) is 30.8 Å². The zero-order valence-corrected chi connectivity index (χ0v) is 28.1. The van der Waals surface area contributed by atoms with Crippen molar-refractivity contribution in [2.45, 2.75) is 76.7 Å². The van der Waals surface area contributed by atoms with Gasteiger partial charge >= 0.3 is 0 Å². The molecular weight excluding hydrogens is 605 g/mol. The molecule has 9 heteroatoms. The van der Waals surface area contributed by atoms with Crippen LogP contribution in [0.2, 0.25) is 24.7 Å². The summed E-state index contributed by atoms with van der Waals surface area (Å²) < 4.78 is 35.7. The number of fused-ring (bicyclic) bond motifs is 2. The van der Waals surface area contributed by atoms with Crippen molar-refractivity contribution in [2.24, 2.45) is 0 Å². The number of ether oxygens (including phenoxy) is 3. The second-order valence-electron chi connectivity index (χ2n) is 13.6. The lowest BCUT2D eigenvalue weighted by Gasteiger charge is -2.33. The number of piperidine rings is 1. The molecule has 0 saturated carbocycles. The van der Waals surface area contributed by atoms with Gasteiger partial charge in [0.25, 0.3) is 5.79 Å². The van der Waals surface area contributed by atoms with E-state index in [1.807, 2.05) is 12.1 Å². The highest BCUT2D eigenvalue weighted by Crippen LogP contribution is 2.50. The zero-order valence-electron chi connectivity index (χ0n) is 26.3. The van der Waals surface area contributed by atoms with Gasteiger partial charge in [-0.3, -0.25) is 4.90 Å². The Labute approximate surface area is 270 Å². The minimum atomic E-state index is -1.47. The molecule has 234 valence electrons. The summed E-state index contributed by atoms with van der Waals surface area (Å²) in [5, 5.41) is 0.339. The fraction of sp³-hybridized carbons (Fsp3) is 0.417.